The average Bonchev–Trinajstić information content (AvgIpc) is 3.17. The number of nitrogens with zero attached hydrogens (tertiary/aromatic N) is 1. The van der Waals surface area contributed by atoms with Gasteiger partial charge in [0.15, 0.2) is 0 Å². The van der Waals surface area contributed by atoms with Gasteiger partial charge in [0.05, 0.1) is 31.4 Å². The molecule has 0 unspecified atom stereocenters. The molecule has 0 spiro atoms. The number of thioether (sulfide) groups is 1. The smallest absolute Gasteiger partial charge is 0.234 e. The van der Waals surface area contributed by atoms with E-state index in [-0.39, 0.29) is 11.7 Å². The summed E-state index contributed by atoms with van der Waals surface area (Å²) in [4.78, 5) is 16.7. The highest BCUT2D eigenvalue weighted by Gasteiger charge is 2.11. The third kappa shape index (κ3) is 5.21. The summed E-state index contributed by atoms with van der Waals surface area (Å²) in [7, 11) is 3.12. The summed E-state index contributed by atoms with van der Waals surface area (Å²) in [5.41, 5.74) is 2.18. The van der Waals surface area contributed by atoms with Crippen molar-refractivity contribution in [3.8, 4) is 23.0 Å². The van der Waals surface area contributed by atoms with Gasteiger partial charge in [-0.05, 0) is 36.4 Å². The van der Waals surface area contributed by atoms with E-state index in [0.29, 0.717) is 33.9 Å². The number of oxazole rings is 1. The van der Waals surface area contributed by atoms with Crippen molar-refractivity contribution in [2.45, 2.75) is 5.75 Å². The molecule has 1 aromatic heterocycles. The second kappa shape index (κ2) is 9.52. The van der Waals surface area contributed by atoms with Crippen molar-refractivity contribution in [3.05, 3.63) is 59.4 Å². The Hall–Kier alpha value is -2.64. The Morgan fingerprint density at radius 1 is 1.18 bits per heavy atom. The summed E-state index contributed by atoms with van der Waals surface area (Å²) in [6.45, 7) is 0. The number of carbonyl (C=O) groups is 1. The summed E-state index contributed by atoms with van der Waals surface area (Å²) >= 11 is 7.33. The van der Waals surface area contributed by atoms with Crippen LogP contribution in [0.1, 0.15) is 5.69 Å². The quantitative estimate of drug-likeness (QED) is 0.561. The molecule has 0 atom stereocenters. The lowest BCUT2D eigenvalue weighted by atomic mass is 10.2. The van der Waals surface area contributed by atoms with Gasteiger partial charge in [0.25, 0.3) is 0 Å². The van der Waals surface area contributed by atoms with Gasteiger partial charge in [-0.2, -0.15) is 0 Å². The van der Waals surface area contributed by atoms with Gasteiger partial charge in [-0.25, -0.2) is 4.98 Å². The number of carbonyl (C=O) groups excluding carboxylic acids is 1. The molecule has 0 bridgehead atoms. The molecule has 28 heavy (non-hydrogen) atoms. The Morgan fingerprint density at radius 3 is 2.68 bits per heavy atom. The predicted molar refractivity (Wildman–Crippen MR) is 111 cm³/mol. The number of anilines is 1. The van der Waals surface area contributed by atoms with Crippen molar-refractivity contribution in [1.82, 2.24) is 4.98 Å². The highest BCUT2D eigenvalue weighted by molar-refractivity contribution is 7.99. The first kappa shape index (κ1) is 20.1. The van der Waals surface area contributed by atoms with E-state index in [1.807, 2.05) is 12.1 Å². The molecule has 0 saturated carbocycles. The maximum atomic E-state index is 12.2. The molecule has 0 fully saturated rings. The SMILES string of the molecule is COc1ccc(OC)c(NC(=O)CSCc2coc(-c3ccc(Cl)cc3)n2)c1. The van der Waals surface area contributed by atoms with Crippen molar-refractivity contribution in [3.63, 3.8) is 0 Å². The molecule has 146 valence electrons. The van der Waals surface area contributed by atoms with E-state index < -0.39 is 0 Å². The Kier molecular flexibility index (Phi) is 6.84. The van der Waals surface area contributed by atoms with E-state index in [4.69, 9.17) is 25.5 Å². The molecular formula is C20H19ClN2O4S. The monoisotopic (exact) mass is 418 g/mol. The molecule has 0 aliphatic rings. The van der Waals surface area contributed by atoms with Gasteiger partial charge in [0.1, 0.15) is 17.8 Å². The molecule has 1 amide bonds. The van der Waals surface area contributed by atoms with Crippen LogP contribution in [-0.2, 0) is 10.5 Å². The minimum atomic E-state index is -0.141. The summed E-state index contributed by atoms with van der Waals surface area (Å²) in [6, 6.07) is 12.5. The van der Waals surface area contributed by atoms with Gasteiger partial charge < -0.3 is 19.2 Å². The Morgan fingerprint density at radius 2 is 1.96 bits per heavy atom. The molecule has 0 radical (unpaired) electrons. The van der Waals surface area contributed by atoms with Crippen molar-refractivity contribution in [2.24, 2.45) is 0 Å². The lowest BCUT2D eigenvalue weighted by Crippen LogP contribution is -2.15. The van der Waals surface area contributed by atoms with Crippen LogP contribution in [0.25, 0.3) is 11.5 Å². The molecule has 1 heterocycles. The van der Waals surface area contributed by atoms with Gasteiger partial charge in [-0.1, -0.05) is 11.6 Å². The Labute approximate surface area is 172 Å². The lowest BCUT2D eigenvalue weighted by molar-refractivity contribution is -0.113. The first-order valence-electron chi connectivity index (χ1n) is 8.39. The maximum Gasteiger partial charge on any atom is 0.234 e. The first-order chi connectivity index (χ1) is 13.6. The molecule has 2 aromatic carbocycles. The molecule has 0 aliphatic carbocycles. The fourth-order valence-electron chi connectivity index (χ4n) is 2.44. The van der Waals surface area contributed by atoms with Gasteiger partial charge in [-0.15, -0.1) is 11.8 Å². The zero-order valence-corrected chi connectivity index (χ0v) is 17.0. The summed E-state index contributed by atoms with van der Waals surface area (Å²) in [5.74, 6) is 2.42. The van der Waals surface area contributed by atoms with Crippen LogP contribution in [0.15, 0.2) is 53.1 Å². The number of ether oxygens (including phenoxy) is 2. The topological polar surface area (TPSA) is 73.6 Å². The minimum absolute atomic E-state index is 0.141. The van der Waals surface area contributed by atoms with E-state index in [9.17, 15) is 4.79 Å². The second-order valence-electron chi connectivity index (χ2n) is 5.76. The number of nitrogens with one attached hydrogen (secondary N) is 1. The van der Waals surface area contributed by atoms with Crippen LogP contribution in [0.2, 0.25) is 5.02 Å². The standard InChI is InChI=1S/C20H19ClN2O4S/c1-25-16-7-8-18(26-2)17(9-16)23-19(24)12-28-11-15-10-27-20(22-15)13-3-5-14(21)6-4-13/h3-10H,11-12H2,1-2H3,(H,23,24). The minimum Gasteiger partial charge on any atom is -0.497 e. The largest absolute Gasteiger partial charge is 0.497 e. The number of hydrogen-bond donors (Lipinski definition) is 1. The zero-order chi connectivity index (χ0) is 19.9. The number of rotatable bonds is 8. The fraction of sp³-hybridized carbons (Fsp3) is 0.200. The zero-order valence-electron chi connectivity index (χ0n) is 15.4. The molecule has 1 N–H and O–H groups in total. The number of benzene rings is 2. The van der Waals surface area contributed by atoms with Crippen LogP contribution in [0.5, 0.6) is 11.5 Å². The van der Waals surface area contributed by atoms with Crippen LogP contribution in [0, 0.1) is 0 Å². The van der Waals surface area contributed by atoms with Crippen molar-refractivity contribution in [1.29, 1.82) is 0 Å². The van der Waals surface area contributed by atoms with Gasteiger partial charge in [0.2, 0.25) is 11.8 Å². The summed E-state index contributed by atoms with van der Waals surface area (Å²) in [6.07, 6.45) is 1.60. The number of methoxy groups -OCH3 is 2. The molecule has 0 aliphatic heterocycles. The van der Waals surface area contributed by atoms with E-state index in [0.717, 1.165) is 11.3 Å². The highest BCUT2D eigenvalue weighted by atomic mass is 35.5. The van der Waals surface area contributed by atoms with E-state index in [2.05, 4.69) is 10.3 Å². The third-order valence-corrected chi connectivity index (χ3v) is 5.02. The number of halogens is 1. The Bertz CT molecular complexity index is 944. The van der Waals surface area contributed by atoms with Crippen LogP contribution < -0.4 is 14.8 Å². The van der Waals surface area contributed by atoms with E-state index in [1.165, 1.54) is 11.8 Å². The predicted octanol–water partition coefficient (Wildman–Crippen LogP) is 4.88. The van der Waals surface area contributed by atoms with E-state index >= 15 is 0 Å². The number of hydrogen-bond acceptors (Lipinski definition) is 6. The summed E-state index contributed by atoms with van der Waals surface area (Å²) in [5, 5.41) is 3.49. The van der Waals surface area contributed by atoms with Crippen LogP contribution in [-0.4, -0.2) is 30.9 Å². The second-order valence-corrected chi connectivity index (χ2v) is 7.18. The fourth-order valence-corrected chi connectivity index (χ4v) is 3.27. The molecule has 6 nitrogen and oxygen atoms in total. The maximum absolute atomic E-state index is 12.2. The lowest BCUT2D eigenvalue weighted by Gasteiger charge is -2.11. The third-order valence-electron chi connectivity index (χ3n) is 3.81. The molecule has 3 rings (SSSR count). The Balaban J connectivity index is 1.53. The first-order valence-corrected chi connectivity index (χ1v) is 9.92. The molecule has 8 heteroatoms. The van der Waals surface area contributed by atoms with Crippen LogP contribution in [0.4, 0.5) is 5.69 Å². The van der Waals surface area contributed by atoms with Crippen LogP contribution >= 0.6 is 23.4 Å². The average molecular weight is 419 g/mol. The summed E-state index contributed by atoms with van der Waals surface area (Å²) < 4.78 is 15.9. The highest BCUT2D eigenvalue weighted by Crippen LogP contribution is 2.29. The van der Waals surface area contributed by atoms with Crippen molar-refractivity contribution in [2.75, 3.05) is 25.3 Å². The normalized spacial score (nSPS) is 10.5. The molecule has 0 saturated heterocycles. The van der Waals surface area contributed by atoms with Crippen molar-refractivity contribution < 1.29 is 18.7 Å². The van der Waals surface area contributed by atoms with Gasteiger partial charge in [0, 0.05) is 22.4 Å². The molecule has 3 aromatic rings. The van der Waals surface area contributed by atoms with Gasteiger partial charge >= 0.3 is 0 Å². The van der Waals surface area contributed by atoms with Gasteiger partial charge in [-0.3, -0.25) is 4.79 Å². The number of amides is 1. The number of aromatic nitrogens is 1. The van der Waals surface area contributed by atoms with Crippen molar-refractivity contribution >= 4 is 35.0 Å². The van der Waals surface area contributed by atoms with E-state index in [1.54, 1.807) is 50.8 Å². The van der Waals surface area contributed by atoms with Crippen LogP contribution in [0.3, 0.4) is 0 Å². The molecular weight excluding hydrogens is 400 g/mol.